The van der Waals surface area contributed by atoms with Gasteiger partial charge >= 0.3 is 0 Å². The van der Waals surface area contributed by atoms with Gasteiger partial charge in [-0.25, -0.2) is 0 Å². The van der Waals surface area contributed by atoms with Crippen LogP contribution in [0.3, 0.4) is 0 Å². The second-order valence-corrected chi connectivity index (χ2v) is 6.28. The molecule has 0 atom stereocenters. The van der Waals surface area contributed by atoms with Crippen molar-refractivity contribution in [3.8, 4) is 5.75 Å². The predicted octanol–water partition coefficient (Wildman–Crippen LogP) is 6.30. The van der Waals surface area contributed by atoms with E-state index in [0.29, 0.717) is 5.76 Å². The van der Waals surface area contributed by atoms with Gasteiger partial charge in [0.15, 0.2) is 5.78 Å². The Kier molecular flexibility index (Phi) is 10.4. The van der Waals surface area contributed by atoms with Crippen LogP contribution in [0.15, 0.2) is 46.4 Å². The Labute approximate surface area is 139 Å². The summed E-state index contributed by atoms with van der Waals surface area (Å²) in [5.74, 6) is 1.55. The van der Waals surface area contributed by atoms with Crippen molar-refractivity contribution >= 4 is 17.5 Å². The molecule has 1 aromatic rings. The molecule has 0 unspecified atom stereocenters. The molecule has 0 aromatic heterocycles. The van der Waals surface area contributed by atoms with Crippen molar-refractivity contribution in [1.29, 1.82) is 0 Å². The number of benzene rings is 1. The second kappa shape index (κ2) is 11.1. The molecule has 22 heavy (non-hydrogen) atoms. The van der Waals surface area contributed by atoms with Crippen LogP contribution in [0.5, 0.6) is 5.75 Å². The number of hydrogen-bond donors (Lipinski definition) is 0. The molecule has 0 fully saturated rings. The number of carbonyl (C=O) groups excluding carboxylic acids is 1. The summed E-state index contributed by atoms with van der Waals surface area (Å²) in [7, 11) is 0. The lowest BCUT2D eigenvalue weighted by molar-refractivity contribution is -0.112. The molecule has 0 saturated carbocycles. The fraction of sp³-hybridized carbons (Fsp3) is 0.421. The summed E-state index contributed by atoms with van der Waals surface area (Å²) in [6.45, 7) is 15.5. The smallest absolute Gasteiger partial charge is 0.153 e. The van der Waals surface area contributed by atoms with E-state index in [0.717, 1.165) is 27.5 Å². The minimum absolute atomic E-state index is 0.0873. The van der Waals surface area contributed by atoms with Gasteiger partial charge in [-0.15, -0.1) is 0 Å². The lowest BCUT2D eigenvalue weighted by Crippen LogP contribution is -1.91. The van der Waals surface area contributed by atoms with Crippen LogP contribution in [0, 0.1) is 6.92 Å². The van der Waals surface area contributed by atoms with Crippen LogP contribution in [0.25, 0.3) is 0 Å². The summed E-state index contributed by atoms with van der Waals surface area (Å²) in [6.07, 6.45) is 3.80. The van der Waals surface area contributed by atoms with E-state index < -0.39 is 0 Å². The number of rotatable bonds is 6. The van der Waals surface area contributed by atoms with Gasteiger partial charge in [0.2, 0.25) is 0 Å². The average molecular weight is 320 g/mol. The maximum atomic E-state index is 11.1. The van der Waals surface area contributed by atoms with Gasteiger partial charge in [-0.05, 0) is 61.9 Å². The highest BCUT2D eigenvalue weighted by Gasteiger charge is 2.05. The van der Waals surface area contributed by atoms with E-state index in [1.807, 2.05) is 32.0 Å². The number of thioether (sulfide) groups is 1. The normalized spacial score (nSPS) is 10.5. The first-order valence-corrected chi connectivity index (χ1v) is 8.48. The predicted molar refractivity (Wildman–Crippen MR) is 97.5 cm³/mol. The minimum Gasteiger partial charge on any atom is -0.463 e. The van der Waals surface area contributed by atoms with E-state index in [9.17, 15) is 4.79 Å². The fourth-order valence-corrected chi connectivity index (χ4v) is 2.58. The monoisotopic (exact) mass is 320 g/mol. The number of ether oxygens (including phenoxy) is 1. The summed E-state index contributed by atoms with van der Waals surface area (Å²) < 4.78 is 5.47. The van der Waals surface area contributed by atoms with Gasteiger partial charge in [-0.1, -0.05) is 45.5 Å². The zero-order valence-electron chi connectivity index (χ0n) is 14.7. The Bertz CT molecular complexity index is 530. The fourth-order valence-electron chi connectivity index (χ4n) is 1.57. The van der Waals surface area contributed by atoms with Crippen LogP contribution in [0.2, 0.25) is 0 Å². The van der Waals surface area contributed by atoms with E-state index in [1.165, 1.54) is 6.42 Å². The van der Waals surface area contributed by atoms with Crippen molar-refractivity contribution in [2.75, 3.05) is 0 Å². The molecule has 0 radical (unpaired) electrons. The van der Waals surface area contributed by atoms with Crippen LogP contribution in [-0.2, 0) is 4.79 Å². The van der Waals surface area contributed by atoms with E-state index in [-0.39, 0.29) is 5.78 Å². The Morgan fingerprint density at radius 2 is 1.86 bits per heavy atom. The van der Waals surface area contributed by atoms with Crippen molar-refractivity contribution in [3.63, 3.8) is 0 Å². The number of allylic oxidation sites excluding steroid dienone is 3. The topological polar surface area (TPSA) is 26.3 Å². The van der Waals surface area contributed by atoms with Crippen LogP contribution < -0.4 is 4.74 Å². The molecule has 0 N–H and O–H groups in total. The van der Waals surface area contributed by atoms with Crippen molar-refractivity contribution in [2.45, 2.75) is 59.3 Å². The van der Waals surface area contributed by atoms with Gasteiger partial charge < -0.3 is 4.74 Å². The standard InChI is InChI=1S/C16H20O2S.C3H8/c1-6-15(10-13(5)17)19-16-8-7-14(9-12(16)4)18-11(2)3;1-3-2/h7-10H,2,6H2,1,3-5H3;3H2,1-2H3/b15-10-;. The molecule has 0 saturated heterocycles. The molecule has 1 rings (SSSR count). The highest BCUT2D eigenvalue weighted by Crippen LogP contribution is 2.33. The van der Waals surface area contributed by atoms with Crippen molar-refractivity contribution in [3.05, 3.63) is 47.1 Å². The molecule has 0 aliphatic rings. The molecule has 0 bridgehead atoms. The molecule has 0 heterocycles. The molecule has 122 valence electrons. The number of ketones is 1. The SMILES string of the molecule is C=C(C)Oc1ccc(S/C(=C\C(C)=O)CC)c(C)c1.CCC. The maximum absolute atomic E-state index is 11.1. The molecule has 3 heteroatoms. The van der Waals surface area contributed by atoms with E-state index in [4.69, 9.17) is 4.74 Å². The third-order valence-electron chi connectivity index (χ3n) is 2.39. The third-order valence-corrected chi connectivity index (χ3v) is 3.74. The number of carbonyl (C=O) groups is 1. The van der Waals surface area contributed by atoms with Crippen molar-refractivity contribution in [2.24, 2.45) is 0 Å². The van der Waals surface area contributed by atoms with E-state index in [1.54, 1.807) is 24.8 Å². The van der Waals surface area contributed by atoms with Crippen LogP contribution in [-0.4, -0.2) is 5.78 Å². The van der Waals surface area contributed by atoms with Crippen LogP contribution >= 0.6 is 11.8 Å². The maximum Gasteiger partial charge on any atom is 0.153 e. The number of aryl methyl sites for hydroxylation is 1. The molecule has 0 aliphatic heterocycles. The first-order chi connectivity index (χ1) is 10.3. The summed E-state index contributed by atoms with van der Waals surface area (Å²) in [4.78, 5) is 13.4. The molecule has 0 aliphatic carbocycles. The Morgan fingerprint density at radius 1 is 1.27 bits per heavy atom. The lowest BCUT2D eigenvalue weighted by Gasteiger charge is -2.10. The lowest BCUT2D eigenvalue weighted by atomic mass is 10.2. The van der Waals surface area contributed by atoms with E-state index in [2.05, 4.69) is 27.4 Å². The first-order valence-electron chi connectivity index (χ1n) is 7.66. The second-order valence-electron chi connectivity index (χ2n) is 5.12. The molecule has 2 nitrogen and oxygen atoms in total. The van der Waals surface area contributed by atoms with Gasteiger partial charge in [0.05, 0.1) is 5.76 Å². The molecule has 1 aromatic carbocycles. The summed E-state index contributed by atoms with van der Waals surface area (Å²) in [6, 6.07) is 5.92. The molecular weight excluding hydrogens is 292 g/mol. The molecule has 0 amide bonds. The zero-order valence-corrected chi connectivity index (χ0v) is 15.5. The summed E-state index contributed by atoms with van der Waals surface area (Å²) in [5.41, 5.74) is 1.13. The van der Waals surface area contributed by atoms with Crippen molar-refractivity contribution < 1.29 is 9.53 Å². The van der Waals surface area contributed by atoms with Gasteiger partial charge in [-0.3, -0.25) is 4.79 Å². The highest BCUT2D eigenvalue weighted by atomic mass is 32.2. The van der Waals surface area contributed by atoms with Gasteiger partial charge in [-0.2, -0.15) is 0 Å². The first kappa shape index (κ1) is 20.5. The zero-order chi connectivity index (χ0) is 17.1. The molecule has 0 spiro atoms. The van der Waals surface area contributed by atoms with Crippen molar-refractivity contribution in [1.82, 2.24) is 0 Å². The van der Waals surface area contributed by atoms with Crippen LogP contribution in [0.4, 0.5) is 0 Å². The largest absolute Gasteiger partial charge is 0.463 e. The quantitative estimate of drug-likeness (QED) is 0.349. The molecular formula is C19H28O2S. The van der Waals surface area contributed by atoms with E-state index >= 15 is 0 Å². The summed E-state index contributed by atoms with van der Waals surface area (Å²) >= 11 is 1.63. The summed E-state index contributed by atoms with van der Waals surface area (Å²) in [5, 5.41) is 0. The third kappa shape index (κ3) is 8.73. The van der Waals surface area contributed by atoms with Crippen LogP contribution in [0.1, 0.15) is 53.0 Å². The van der Waals surface area contributed by atoms with Gasteiger partial charge in [0.25, 0.3) is 0 Å². The minimum atomic E-state index is 0.0873. The Morgan fingerprint density at radius 3 is 2.27 bits per heavy atom. The highest BCUT2D eigenvalue weighted by molar-refractivity contribution is 8.03. The average Bonchev–Trinajstić information content (AvgIpc) is 2.40. The Hall–Kier alpha value is -1.48. The van der Waals surface area contributed by atoms with Gasteiger partial charge in [0.1, 0.15) is 5.75 Å². The van der Waals surface area contributed by atoms with Gasteiger partial charge in [0, 0.05) is 4.90 Å². The number of hydrogen-bond acceptors (Lipinski definition) is 3. The Balaban J connectivity index is 0.00000135.